The van der Waals surface area contributed by atoms with Crippen LogP contribution in [0.25, 0.3) is 0 Å². The van der Waals surface area contributed by atoms with E-state index in [9.17, 15) is 0 Å². The van der Waals surface area contributed by atoms with E-state index in [1.54, 1.807) is 0 Å². The molecular formula is C20H17BrN2. The summed E-state index contributed by atoms with van der Waals surface area (Å²) in [6, 6.07) is 28.7. The Bertz CT molecular complexity index is 770. The van der Waals surface area contributed by atoms with Gasteiger partial charge in [0.05, 0.1) is 18.4 Å². The van der Waals surface area contributed by atoms with E-state index in [0.717, 1.165) is 22.3 Å². The third kappa shape index (κ3) is 4.54. The van der Waals surface area contributed by atoms with Gasteiger partial charge in [-0.3, -0.25) is 5.01 Å². The third-order valence-electron chi connectivity index (χ3n) is 3.42. The normalized spacial score (nSPS) is 10.8. The number of benzene rings is 3. The highest BCUT2D eigenvalue weighted by atomic mass is 79.9. The number of rotatable bonds is 5. The highest BCUT2D eigenvalue weighted by molar-refractivity contribution is 9.10. The SMILES string of the molecule is Brc1cccc(/C=N/N(Cc2ccccc2)c2ccccc2)c1. The van der Waals surface area contributed by atoms with Crippen LogP contribution in [0.2, 0.25) is 0 Å². The molecule has 114 valence electrons. The maximum Gasteiger partial charge on any atom is 0.0666 e. The molecule has 0 saturated carbocycles. The lowest BCUT2D eigenvalue weighted by molar-refractivity contribution is 0.858. The van der Waals surface area contributed by atoms with Crippen molar-refractivity contribution in [1.82, 2.24) is 0 Å². The number of hydrazone groups is 1. The molecule has 0 spiro atoms. The second-order valence-corrected chi connectivity index (χ2v) is 6.09. The van der Waals surface area contributed by atoms with E-state index in [1.165, 1.54) is 5.56 Å². The van der Waals surface area contributed by atoms with Crippen molar-refractivity contribution in [2.45, 2.75) is 6.54 Å². The zero-order valence-electron chi connectivity index (χ0n) is 12.6. The Morgan fingerprint density at radius 3 is 2.22 bits per heavy atom. The van der Waals surface area contributed by atoms with E-state index in [-0.39, 0.29) is 0 Å². The van der Waals surface area contributed by atoms with Crippen molar-refractivity contribution in [1.29, 1.82) is 0 Å². The first-order chi connectivity index (χ1) is 11.3. The lowest BCUT2D eigenvalue weighted by Crippen LogP contribution is -2.15. The van der Waals surface area contributed by atoms with Crippen LogP contribution in [0.1, 0.15) is 11.1 Å². The van der Waals surface area contributed by atoms with E-state index >= 15 is 0 Å². The summed E-state index contributed by atoms with van der Waals surface area (Å²) in [6.07, 6.45) is 1.89. The number of hydrogen-bond donors (Lipinski definition) is 0. The largest absolute Gasteiger partial charge is 0.261 e. The molecule has 3 rings (SSSR count). The Morgan fingerprint density at radius 2 is 1.52 bits per heavy atom. The van der Waals surface area contributed by atoms with E-state index < -0.39 is 0 Å². The summed E-state index contributed by atoms with van der Waals surface area (Å²) in [7, 11) is 0. The second-order valence-electron chi connectivity index (χ2n) is 5.18. The molecule has 3 aromatic rings. The van der Waals surface area contributed by atoms with Crippen LogP contribution in [-0.4, -0.2) is 6.21 Å². The minimum atomic E-state index is 0.732. The fourth-order valence-electron chi connectivity index (χ4n) is 2.28. The van der Waals surface area contributed by atoms with Gasteiger partial charge in [0.2, 0.25) is 0 Å². The minimum Gasteiger partial charge on any atom is -0.261 e. The molecule has 3 aromatic carbocycles. The molecular weight excluding hydrogens is 348 g/mol. The summed E-state index contributed by atoms with van der Waals surface area (Å²) >= 11 is 3.49. The fraction of sp³-hybridized carbons (Fsp3) is 0.0500. The Morgan fingerprint density at radius 1 is 0.826 bits per heavy atom. The van der Waals surface area contributed by atoms with Crippen molar-refractivity contribution in [3.63, 3.8) is 0 Å². The summed E-state index contributed by atoms with van der Waals surface area (Å²) in [6.45, 7) is 0.732. The first kappa shape index (κ1) is 15.5. The first-order valence-electron chi connectivity index (χ1n) is 7.47. The molecule has 0 atom stereocenters. The topological polar surface area (TPSA) is 15.6 Å². The maximum atomic E-state index is 4.69. The highest BCUT2D eigenvalue weighted by Gasteiger charge is 2.05. The molecule has 23 heavy (non-hydrogen) atoms. The molecule has 0 N–H and O–H groups in total. The fourth-order valence-corrected chi connectivity index (χ4v) is 2.70. The summed E-state index contributed by atoms with van der Waals surface area (Å²) < 4.78 is 1.05. The van der Waals surface area contributed by atoms with Gasteiger partial charge in [0.1, 0.15) is 0 Å². The number of para-hydroxylation sites is 1. The van der Waals surface area contributed by atoms with E-state index in [2.05, 4.69) is 63.5 Å². The molecule has 0 fully saturated rings. The highest BCUT2D eigenvalue weighted by Crippen LogP contribution is 2.17. The average Bonchev–Trinajstić information content (AvgIpc) is 2.60. The van der Waals surface area contributed by atoms with Gasteiger partial charge in [0.25, 0.3) is 0 Å². The van der Waals surface area contributed by atoms with Crippen LogP contribution < -0.4 is 5.01 Å². The molecule has 0 aliphatic rings. The molecule has 0 aliphatic heterocycles. The molecule has 2 nitrogen and oxygen atoms in total. The van der Waals surface area contributed by atoms with E-state index in [4.69, 9.17) is 0 Å². The monoisotopic (exact) mass is 364 g/mol. The molecule has 0 aliphatic carbocycles. The van der Waals surface area contributed by atoms with Crippen LogP contribution in [0.5, 0.6) is 0 Å². The first-order valence-corrected chi connectivity index (χ1v) is 8.26. The van der Waals surface area contributed by atoms with Crippen LogP contribution in [0.3, 0.4) is 0 Å². The molecule has 0 heterocycles. The lowest BCUT2D eigenvalue weighted by Gasteiger charge is -2.19. The number of hydrogen-bond acceptors (Lipinski definition) is 2. The van der Waals surface area contributed by atoms with Gasteiger partial charge in [0, 0.05) is 4.47 Å². The Balaban J connectivity index is 1.86. The van der Waals surface area contributed by atoms with Crippen LogP contribution in [-0.2, 0) is 6.54 Å². The van der Waals surface area contributed by atoms with Gasteiger partial charge in [0.15, 0.2) is 0 Å². The number of halogens is 1. The van der Waals surface area contributed by atoms with Crippen molar-refractivity contribution >= 4 is 27.8 Å². The molecule has 0 bridgehead atoms. The molecule has 0 radical (unpaired) electrons. The van der Waals surface area contributed by atoms with Gasteiger partial charge in [-0.05, 0) is 35.4 Å². The Hall–Kier alpha value is -2.39. The van der Waals surface area contributed by atoms with Gasteiger partial charge in [-0.15, -0.1) is 0 Å². The van der Waals surface area contributed by atoms with Crippen molar-refractivity contribution in [2.24, 2.45) is 5.10 Å². The predicted octanol–water partition coefficient (Wildman–Crippen LogP) is 5.49. The van der Waals surface area contributed by atoms with E-state index in [1.807, 2.05) is 53.7 Å². The van der Waals surface area contributed by atoms with Gasteiger partial charge in [-0.25, -0.2) is 0 Å². The van der Waals surface area contributed by atoms with Crippen molar-refractivity contribution in [2.75, 3.05) is 5.01 Å². The molecule has 0 amide bonds. The summed E-state index contributed by atoms with van der Waals surface area (Å²) in [5.74, 6) is 0. The number of nitrogens with zero attached hydrogens (tertiary/aromatic N) is 2. The second kappa shape index (κ2) is 7.75. The molecule has 0 unspecified atom stereocenters. The zero-order valence-corrected chi connectivity index (χ0v) is 14.2. The summed E-state index contributed by atoms with van der Waals surface area (Å²) in [4.78, 5) is 0. The van der Waals surface area contributed by atoms with Crippen LogP contribution in [0.15, 0.2) is 94.5 Å². The summed E-state index contributed by atoms with van der Waals surface area (Å²) in [5.41, 5.74) is 3.36. The van der Waals surface area contributed by atoms with Gasteiger partial charge < -0.3 is 0 Å². The quantitative estimate of drug-likeness (QED) is 0.431. The minimum absolute atomic E-state index is 0.732. The van der Waals surface area contributed by atoms with Crippen LogP contribution >= 0.6 is 15.9 Å². The predicted molar refractivity (Wildman–Crippen MR) is 101 cm³/mol. The van der Waals surface area contributed by atoms with Gasteiger partial charge >= 0.3 is 0 Å². The summed E-state index contributed by atoms with van der Waals surface area (Å²) in [5, 5.41) is 6.70. The van der Waals surface area contributed by atoms with E-state index in [0.29, 0.717) is 0 Å². The average molecular weight is 365 g/mol. The van der Waals surface area contributed by atoms with Crippen LogP contribution in [0.4, 0.5) is 5.69 Å². The molecule has 3 heteroatoms. The number of anilines is 1. The smallest absolute Gasteiger partial charge is 0.0666 e. The van der Waals surface area contributed by atoms with Crippen molar-refractivity contribution < 1.29 is 0 Å². The molecule has 0 aromatic heterocycles. The van der Waals surface area contributed by atoms with Gasteiger partial charge in [-0.2, -0.15) is 5.10 Å². The van der Waals surface area contributed by atoms with Gasteiger partial charge in [-0.1, -0.05) is 76.6 Å². The van der Waals surface area contributed by atoms with Crippen molar-refractivity contribution in [3.8, 4) is 0 Å². The Labute approximate surface area is 145 Å². The lowest BCUT2D eigenvalue weighted by atomic mass is 10.2. The van der Waals surface area contributed by atoms with Crippen LogP contribution in [0, 0.1) is 0 Å². The zero-order chi connectivity index (χ0) is 15.9. The Kier molecular flexibility index (Phi) is 5.22. The molecule has 0 saturated heterocycles. The van der Waals surface area contributed by atoms with Crippen molar-refractivity contribution in [3.05, 3.63) is 101 Å². The maximum absolute atomic E-state index is 4.69. The standard InChI is InChI=1S/C20H17BrN2/c21-19-11-7-10-18(14-19)15-22-23(20-12-5-2-6-13-20)16-17-8-3-1-4-9-17/h1-15H,16H2/b22-15+. The third-order valence-corrected chi connectivity index (χ3v) is 3.92.